The standard InChI is InChI=1S/C17H16F2N4O2S/c1-25-14-5-3-2-4-10(14)6-16(24)21-11-7-13-12(15(8-11)26-20)9-23(22-13)17(18)19/h2-5,7-9,17H,6,20H2,1H3,(H,21,24). The number of amides is 1. The number of carbonyl (C=O) groups excluding carboxylic acids is 1. The first-order valence-corrected chi connectivity index (χ1v) is 8.49. The van der Waals surface area contributed by atoms with E-state index in [9.17, 15) is 13.6 Å². The summed E-state index contributed by atoms with van der Waals surface area (Å²) < 4.78 is 31.5. The fourth-order valence-corrected chi connectivity index (χ4v) is 3.09. The van der Waals surface area contributed by atoms with Gasteiger partial charge in [0.2, 0.25) is 5.91 Å². The molecule has 9 heteroatoms. The van der Waals surface area contributed by atoms with E-state index in [1.54, 1.807) is 18.2 Å². The van der Waals surface area contributed by atoms with Crippen molar-refractivity contribution in [2.24, 2.45) is 5.14 Å². The molecule has 0 aliphatic rings. The summed E-state index contributed by atoms with van der Waals surface area (Å²) in [4.78, 5) is 12.9. The van der Waals surface area contributed by atoms with Crippen molar-refractivity contribution in [3.05, 3.63) is 48.2 Å². The molecule has 3 aromatic rings. The Morgan fingerprint density at radius 1 is 1.38 bits per heavy atom. The second kappa shape index (κ2) is 7.71. The number of nitrogens with one attached hydrogen (secondary N) is 1. The van der Waals surface area contributed by atoms with Crippen molar-refractivity contribution in [3.8, 4) is 5.75 Å². The molecule has 0 spiro atoms. The van der Waals surface area contributed by atoms with Gasteiger partial charge in [0.05, 0.1) is 19.0 Å². The van der Waals surface area contributed by atoms with E-state index in [4.69, 9.17) is 9.88 Å². The number of nitrogens with zero attached hydrogens (tertiary/aromatic N) is 2. The van der Waals surface area contributed by atoms with Crippen LogP contribution in [0.3, 0.4) is 0 Å². The van der Waals surface area contributed by atoms with E-state index in [0.717, 1.165) is 17.5 Å². The average molecular weight is 378 g/mol. The molecule has 0 aliphatic carbocycles. The largest absolute Gasteiger partial charge is 0.496 e. The monoisotopic (exact) mass is 378 g/mol. The number of halogens is 2. The molecule has 1 amide bonds. The van der Waals surface area contributed by atoms with Crippen molar-refractivity contribution in [2.75, 3.05) is 12.4 Å². The van der Waals surface area contributed by atoms with Gasteiger partial charge in [-0.3, -0.25) is 9.93 Å². The summed E-state index contributed by atoms with van der Waals surface area (Å²) in [6.45, 7) is -2.75. The van der Waals surface area contributed by atoms with E-state index >= 15 is 0 Å². The smallest absolute Gasteiger partial charge is 0.333 e. The molecule has 0 aliphatic heterocycles. The minimum absolute atomic E-state index is 0.110. The minimum Gasteiger partial charge on any atom is -0.496 e. The zero-order chi connectivity index (χ0) is 18.7. The fourth-order valence-electron chi connectivity index (χ4n) is 2.61. The second-order valence-electron chi connectivity index (χ2n) is 5.45. The van der Waals surface area contributed by atoms with Crippen LogP contribution in [0, 0.1) is 0 Å². The molecule has 0 saturated heterocycles. The number of nitrogens with two attached hydrogens (primary N) is 1. The highest BCUT2D eigenvalue weighted by molar-refractivity contribution is 7.97. The van der Waals surface area contributed by atoms with Gasteiger partial charge in [-0.2, -0.15) is 13.9 Å². The van der Waals surface area contributed by atoms with Crippen LogP contribution in [0.1, 0.15) is 12.1 Å². The number of hydrogen-bond donors (Lipinski definition) is 2. The maximum Gasteiger partial charge on any atom is 0.333 e. The minimum atomic E-state index is -2.75. The van der Waals surface area contributed by atoms with Crippen molar-refractivity contribution in [3.63, 3.8) is 0 Å². The maximum atomic E-state index is 12.8. The fraction of sp³-hybridized carbons (Fsp3) is 0.176. The lowest BCUT2D eigenvalue weighted by molar-refractivity contribution is -0.115. The van der Waals surface area contributed by atoms with Crippen LogP contribution in [-0.4, -0.2) is 22.8 Å². The van der Waals surface area contributed by atoms with E-state index in [1.807, 2.05) is 12.1 Å². The van der Waals surface area contributed by atoms with E-state index in [1.165, 1.54) is 19.4 Å². The van der Waals surface area contributed by atoms with Gasteiger partial charge in [0, 0.05) is 27.7 Å². The molecule has 3 N–H and O–H groups in total. The number of ether oxygens (including phenoxy) is 1. The summed E-state index contributed by atoms with van der Waals surface area (Å²) in [5, 5.41) is 12.7. The number of fused-ring (bicyclic) bond motifs is 1. The normalized spacial score (nSPS) is 11.1. The van der Waals surface area contributed by atoms with Crippen LogP contribution in [0.4, 0.5) is 14.5 Å². The maximum absolute atomic E-state index is 12.8. The van der Waals surface area contributed by atoms with Gasteiger partial charge in [0.25, 0.3) is 0 Å². The summed E-state index contributed by atoms with van der Waals surface area (Å²) in [6, 6.07) is 10.4. The van der Waals surface area contributed by atoms with Gasteiger partial charge < -0.3 is 10.1 Å². The topological polar surface area (TPSA) is 82.2 Å². The summed E-state index contributed by atoms with van der Waals surface area (Å²) in [5.41, 5.74) is 1.50. The molecule has 0 radical (unpaired) electrons. The zero-order valence-electron chi connectivity index (χ0n) is 13.8. The predicted octanol–water partition coefficient (Wildman–Crippen LogP) is 3.59. The Hall–Kier alpha value is -2.65. The van der Waals surface area contributed by atoms with Crippen LogP contribution in [0.5, 0.6) is 5.75 Å². The van der Waals surface area contributed by atoms with E-state index in [2.05, 4.69) is 10.4 Å². The predicted molar refractivity (Wildman–Crippen MR) is 96.4 cm³/mol. The lowest BCUT2D eigenvalue weighted by Crippen LogP contribution is -2.15. The highest BCUT2D eigenvalue weighted by Gasteiger charge is 2.14. The lowest BCUT2D eigenvalue weighted by atomic mass is 10.1. The SMILES string of the molecule is COc1ccccc1CC(=O)Nc1cc(SN)c2cn(C(F)F)nc2c1. The number of methoxy groups -OCH3 is 1. The summed E-state index contributed by atoms with van der Waals surface area (Å²) in [7, 11) is 1.54. The molecule has 0 bridgehead atoms. The first-order valence-electron chi connectivity index (χ1n) is 7.61. The Bertz CT molecular complexity index is 946. The number of alkyl halides is 2. The van der Waals surface area contributed by atoms with Gasteiger partial charge >= 0.3 is 6.55 Å². The third-order valence-electron chi connectivity index (χ3n) is 3.76. The Labute approximate surface area is 152 Å². The van der Waals surface area contributed by atoms with Crippen LogP contribution < -0.4 is 15.2 Å². The molecule has 26 heavy (non-hydrogen) atoms. The quantitative estimate of drug-likeness (QED) is 0.641. The molecule has 136 valence electrons. The molecule has 6 nitrogen and oxygen atoms in total. The number of anilines is 1. The molecule has 2 aromatic carbocycles. The first kappa shape index (κ1) is 18.2. The summed E-state index contributed by atoms with van der Waals surface area (Å²) in [6.07, 6.45) is 1.34. The Kier molecular flexibility index (Phi) is 5.38. The number of para-hydroxylation sites is 1. The Balaban J connectivity index is 1.84. The average Bonchev–Trinajstić information content (AvgIpc) is 3.05. The molecule has 0 atom stereocenters. The molecule has 1 aromatic heterocycles. The molecule has 0 unspecified atom stereocenters. The summed E-state index contributed by atoms with van der Waals surface area (Å²) >= 11 is 0.905. The summed E-state index contributed by atoms with van der Waals surface area (Å²) in [5.74, 6) is 0.349. The van der Waals surface area contributed by atoms with Crippen molar-refractivity contribution in [1.82, 2.24) is 9.78 Å². The zero-order valence-corrected chi connectivity index (χ0v) is 14.6. The molecule has 0 saturated carbocycles. The van der Waals surface area contributed by atoms with E-state index in [0.29, 0.717) is 31.9 Å². The van der Waals surface area contributed by atoms with Crippen LogP contribution in [0.25, 0.3) is 10.9 Å². The Morgan fingerprint density at radius 2 is 2.15 bits per heavy atom. The van der Waals surface area contributed by atoms with Gasteiger partial charge in [0.1, 0.15) is 5.75 Å². The molecular weight excluding hydrogens is 362 g/mol. The molecular formula is C17H16F2N4O2S. The number of rotatable bonds is 6. The van der Waals surface area contributed by atoms with Gasteiger partial charge in [-0.25, -0.2) is 4.68 Å². The molecule has 3 rings (SSSR count). The Morgan fingerprint density at radius 3 is 2.85 bits per heavy atom. The van der Waals surface area contributed by atoms with Gasteiger partial charge in [-0.15, -0.1) is 0 Å². The van der Waals surface area contributed by atoms with E-state index < -0.39 is 6.55 Å². The van der Waals surface area contributed by atoms with Crippen molar-refractivity contribution in [1.29, 1.82) is 0 Å². The molecule has 1 heterocycles. The van der Waals surface area contributed by atoms with Crippen LogP contribution in [0.2, 0.25) is 0 Å². The van der Waals surface area contributed by atoms with Gasteiger partial charge in [0.15, 0.2) is 0 Å². The number of aromatic nitrogens is 2. The second-order valence-corrected chi connectivity index (χ2v) is 6.12. The van der Waals surface area contributed by atoms with E-state index in [-0.39, 0.29) is 12.3 Å². The van der Waals surface area contributed by atoms with Gasteiger partial charge in [-0.1, -0.05) is 18.2 Å². The van der Waals surface area contributed by atoms with Crippen molar-refractivity contribution >= 4 is 34.4 Å². The highest BCUT2D eigenvalue weighted by atomic mass is 32.2. The van der Waals surface area contributed by atoms with Crippen LogP contribution in [0.15, 0.2) is 47.5 Å². The van der Waals surface area contributed by atoms with Crippen LogP contribution in [-0.2, 0) is 11.2 Å². The highest BCUT2D eigenvalue weighted by Crippen LogP contribution is 2.30. The lowest BCUT2D eigenvalue weighted by Gasteiger charge is -2.10. The van der Waals surface area contributed by atoms with Crippen molar-refractivity contribution in [2.45, 2.75) is 17.9 Å². The number of benzene rings is 2. The van der Waals surface area contributed by atoms with Crippen molar-refractivity contribution < 1.29 is 18.3 Å². The first-order chi connectivity index (χ1) is 12.5. The van der Waals surface area contributed by atoms with Gasteiger partial charge in [-0.05, 0) is 30.1 Å². The molecule has 0 fully saturated rings. The third kappa shape index (κ3) is 3.78. The number of carbonyl (C=O) groups is 1. The van der Waals surface area contributed by atoms with Crippen LogP contribution >= 0.6 is 11.9 Å². The number of hydrogen-bond acceptors (Lipinski definition) is 5. The third-order valence-corrected chi connectivity index (χ3v) is 4.35.